The number of hydrazone groups is 2. The summed E-state index contributed by atoms with van der Waals surface area (Å²) in [7, 11) is 0. The largest absolute Gasteiger partial charge is 0.273 e. The monoisotopic (exact) mass is 418 g/mol. The molecule has 0 spiro atoms. The lowest BCUT2D eigenvalue weighted by atomic mass is 9.85. The van der Waals surface area contributed by atoms with Crippen LogP contribution in [-0.2, 0) is 9.59 Å². The average molecular weight is 419 g/mol. The third-order valence-corrected chi connectivity index (χ3v) is 6.49. The van der Waals surface area contributed by atoms with Crippen LogP contribution in [0.15, 0.2) is 10.2 Å². The molecule has 6 heteroatoms. The van der Waals surface area contributed by atoms with Gasteiger partial charge in [0.15, 0.2) is 0 Å². The number of nitrogens with zero attached hydrogens (tertiary/aromatic N) is 2. The van der Waals surface area contributed by atoms with Gasteiger partial charge in [-0.3, -0.25) is 9.59 Å². The van der Waals surface area contributed by atoms with E-state index in [4.69, 9.17) is 0 Å². The van der Waals surface area contributed by atoms with E-state index in [0.29, 0.717) is 25.7 Å². The fourth-order valence-electron chi connectivity index (χ4n) is 4.60. The number of carbonyl (C=O) groups excluding carboxylic acids is 2. The number of unbranched alkanes of at least 4 members (excludes halogenated alkanes) is 1. The number of hydrogen-bond acceptors (Lipinski definition) is 4. The fraction of sp³-hybridized carbons (Fsp3) is 0.833. The van der Waals surface area contributed by atoms with Gasteiger partial charge in [-0.05, 0) is 76.0 Å². The Morgan fingerprint density at radius 2 is 1.10 bits per heavy atom. The van der Waals surface area contributed by atoms with Gasteiger partial charge in [-0.1, -0.05) is 39.5 Å². The van der Waals surface area contributed by atoms with Crippen LogP contribution in [0.5, 0.6) is 0 Å². The van der Waals surface area contributed by atoms with Crippen molar-refractivity contribution in [3.63, 3.8) is 0 Å². The van der Waals surface area contributed by atoms with E-state index in [1.54, 1.807) is 0 Å². The van der Waals surface area contributed by atoms with Crippen LogP contribution in [0.25, 0.3) is 0 Å². The predicted octanol–water partition coefficient (Wildman–Crippen LogP) is 5.47. The van der Waals surface area contributed by atoms with E-state index in [9.17, 15) is 9.59 Å². The van der Waals surface area contributed by atoms with Crippen molar-refractivity contribution in [3.8, 4) is 0 Å². The molecule has 2 amide bonds. The molecular formula is C24H42N4O2. The summed E-state index contributed by atoms with van der Waals surface area (Å²) in [6.07, 6.45) is 16.1. The molecule has 30 heavy (non-hydrogen) atoms. The second-order valence-corrected chi connectivity index (χ2v) is 9.10. The molecule has 0 radical (unpaired) electrons. The predicted molar refractivity (Wildman–Crippen MR) is 123 cm³/mol. The van der Waals surface area contributed by atoms with Crippen molar-refractivity contribution >= 4 is 23.2 Å². The van der Waals surface area contributed by atoms with Crippen LogP contribution >= 0.6 is 0 Å². The minimum atomic E-state index is -0.0531. The minimum Gasteiger partial charge on any atom is -0.273 e. The molecule has 2 aliphatic rings. The lowest BCUT2D eigenvalue weighted by Gasteiger charge is -2.22. The molecule has 0 aromatic heterocycles. The molecule has 6 nitrogen and oxygen atoms in total. The van der Waals surface area contributed by atoms with E-state index < -0.39 is 0 Å². The average Bonchev–Trinajstić information content (AvgIpc) is 2.76. The summed E-state index contributed by atoms with van der Waals surface area (Å²) in [5.74, 6) is 1.55. The van der Waals surface area contributed by atoms with E-state index in [2.05, 4.69) is 34.9 Å². The highest BCUT2D eigenvalue weighted by atomic mass is 16.2. The summed E-state index contributed by atoms with van der Waals surface area (Å²) < 4.78 is 0. The minimum absolute atomic E-state index is 0.0531. The maximum Gasteiger partial charge on any atom is 0.240 e. The van der Waals surface area contributed by atoms with Gasteiger partial charge in [-0.2, -0.15) is 10.2 Å². The van der Waals surface area contributed by atoms with Crippen molar-refractivity contribution in [3.05, 3.63) is 0 Å². The van der Waals surface area contributed by atoms with Gasteiger partial charge in [0.2, 0.25) is 11.8 Å². The number of amides is 2. The maximum atomic E-state index is 12.0. The van der Waals surface area contributed by atoms with Crippen LogP contribution in [0.1, 0.15) is 117 Å². The highest BCUT2D eigenvalue weighted by Gasteiger charge is 2.18. The molecule has 2 fully saturated rings. The molecule has 2 rings (SSSR count). The van der Waals surface area contributed by atoms with Crippen molar-refractivity contribution in [1.29, 1.82) is 0 Å². The molecule has 0 aromatic carbocycles. The first-order valence-electron chi connectivity index (χ1n) is 12.3. The molecule has 2 saturated carbocycles. The SMILES string of the molecule is CCCC1CCC(=NNC(=O)CCCCC(=O)NN=C2CCC(CCC)CC2)CC1. The Morgan fingerprint density at radius 1 is 0.733 bits per heavy atom. The second-order valence-electron chi connectivity index (χ2n) is 9.10. The normalized spacial score (nSPS) is 21.8. The van der Waals surface area contributed by atoms with Crippen molar-refractivity contribution in [1.82, 2.24) is 10.9 Å². The molecule has 2 N–H and O–H groups in total. The van der Waals surface area contributed by atoms with Gasteiger partial charge in [-0.15, -0.1) is 0 Å². The molecule has 0 aromatic rings. The first-order chi connectivity index (χ1) is 14.6. The lowest BCUT2D eigenvalue weighted by Crippen LogP contribution is -2.23. The van der Waals surface area contributed by atoms with Crippen molar-refractivity contribution < 1.29 is 9.59 Å². The van der Waals surface area contributed by atoms with Crippen LogP contribution < -0.4 is 10.9 Å². The highest BCUT2D eigenvalue weighted by molar-refractivity contribution is 5.87. The van der Waals surface area contributed by atoms with Crippen molar-refractivity contribution in [2.75, 3.05) is 0 Å². The zero-order chi connectivity index (χ0) is 21.6. The molecule has 0 aliphatic heterocycles. The zero-order valence-corrected chi connectivity index (χ0v) is 19.2. The van der Waals surface area contributed by atoms with Crippen molar-refractivity contribution in [2.24, 2.45) is 22.0 Å². The van der Waals surface area contributed by atoms with Crippen LogP contribution in [0.2, 0.25) is 0 Å². The summed E-state index contributed by atoms with van der Waals surface area (Å²) in [6.45, 7) is 4.47. The molecule has 0 unspecified atom stereocenters. The number of nitrogens with one attached hydrogen (secondary N) is 2. The lowest BCUT2D eigenvalue weighted by molar-refractivity contribution is -0.123. The quantitative estimate of drug-likeness (QED) is 0.344. The molecule has 0 saturated heterocycles. The zero-order valence-electron chi connectivity index (χ0n) is 19.2. The molecule has 170 valence electrons. The summed E-state index contributed by atoms with van der Waals surface area (Å²) in [4.78, 5) is 23.9. The smallest absolute Gasteiger partial charge is 0.240 e. The number of carbonyl (C=O) groups is 2. The van der Waals surface area contributed by atoms with E-state index in [-0.39, 0.29) is 11.8 Å². The van der Waals surface area contributed by atoms with Gasteiger partial charge in [0, 0.05) is 24.3 Å². The van der Waals surface area contributed by atoms with Crippen LogP contribution in [0.4, 0.5) is 0 Å². The highest BCUT2D eigenvalue weighted by Crippen LogP contribution is 2.26. The number of rotatable bonds is 11. The maximum absolute atomic E-state index is 12.0. The van der Waals surface area contributed by atoms with E-state index in [1.165, 1.54) is 51.4 Å². The summed E-state index contributed by atoms with van der Waals surface area (Å²) >= 11 is 0. The number of hydrogen-bond donors (Lipinski definition) is 2. The van der Waals surface area contributed by atoms with E-state index in [0.717, 1.165) is 48.9 Å². The Kier molecular flexibility index (Phi) is 11.7. The Hall–Kier alpha value is -1.72. The second kappa shape index (κ2) is 14.3. The third kappa shape index (κ3) is 9.86. The Morgan fingerprint density at radius 3 is 1.43 bits per heavy atom. The summed E-state index contributed by atoms with van der Waals surface area (Å²) in [5, 5.41) is 8.62. The molecule has 0 bridgehead atoms. The van der Waals surface area contributed by atoms with E-state index >= 15 is 0 Å². The first kappa shape index (κ1) is 24.5. The molecule has 2 aliphatic carbocycles. The van der Waals surface area contributed by atoms with Gasteiger partial charge in [0.1, 0.15) is 0 Å². The summed E-state index contributed by atoms with van der Waals surface area (Å²) in [6, 6.07) is 0. The summed E-state index contributed by atoms with van der Waals surface area (Å²) in [5.41, 5.74) is 7.64. The van der Waals surface area contributed by atoms with Gasteiger partial charge in [0.25, 0.3) is 0 Å². The Bertz CT molecular complexity index is 528. The van der Waals surface area contributed by atoms with Gasteiger partial charge in [0.05, 0.1) is 0 Å². The Balaban J connectivity index is 1.51. The van der Waals surface area contributed by atoms with Crippen LogP contribution in [-0.4, -0.2) is 23.2 Å². The van der Waals surface area contributed by atoms with Crippen molar-refractivity contribution in [2.45, 2.75) is 117 Å². The molecular weight excluding hydrogens is 376 g/mol. The van der Waals surface area contributed by atoms with Gasteiger partial charge in [-0.25, -0.2) is 10.9 Å². The Labute approximate surface area is 182 Å². The standard InChI is InChI=1S/C24H42N4O2/c1-3-7-19-11-15-21(16-12-19)25-27-23(29)9-5-6-10-24(30)28-26-22-17-13-20(8-4-2)14-18-22/h19-20H,3-18H2,1-2H3,(H,27,29)(H,28,30). The topological polar surface area (TPSA) is 82.9 Å². The first-order valence-corrected chi connectivity index (χ1v) is 12.3. The fourth-order valence-corrected chi connectivity index (χ4v) is 4.60. The molecule has 0 heterocycles. The molecule has 0 atom stereocenters. The van der Waals surface area contributed by atoms with Gasteiger partial charge >= 0.3 is 0 Å². The third-order valence-electron chi connectivity index (χ3n) is 6.49. The van der Waals surface area contributed by atoms with Gasteiger partial charge < -0.3 is 0 Å². The van der Waals surface area contributed by atoms with Crippen LogP contribution in [0.3, 0.4) is 0 Å². The van der Waals surface area contributed by atoms with E-state index in [1.807, 2.05) is 0 Å². The van der Waals surface area contributed by atoms with Crippen LogP contribution in [0, 0.1) is 11.8 Å².